The molecule has 1 aromatic carbocycles. The van der Waals surface area contributed by atoms with Crippen LogP contribution in [0.1, 0.15) is 49.4 Å². The number of aromatic nitrogens is 1. The van der Waals surface area contributed by atoms with Crippen LogP contribution in [0.2, 0.25) is 0 Å². The summed E-state index contributed by atoms with van der Waals surface area (Å²) in [5.74, 6) is 0.906. The quantitative estimate of drug-likeness (QED) is 0.463. The number of ketones is 1. The van der Waals surface area contributed by atoms with Crippen LogP contribution in [-0.2, 0) is 14.3 Å². The highest BCUT2D eigenvalue weighted by Crippen LogP contribution is 2.36. The highest BCUT2D eigenvalue weighted by molar-refractivity contribution is 7.14. The standard InChI is InChI=1S/C34H47N7O4S/c1-3-23-20-41(30-27(42)21-45-31(23)30)33(44)29(24-6-4-5-7-24)36-32(43)25-8-10-26(11-9-25)38-16-18-39(19-17-38)28-22-46-34(35-28)40-14-12-37(2)13-15-40/h8-11,22-24,29-31H,3-7,12-21H2,1-2H3,(H,36,43)/t23-,29+,30-,31-/m1/s1. The molecule has 5 heterocycles. The number of hydrogen-bond acceptors (Lipinski definition) is 10. The van der Waals surface area contributed by atoms with Gasteiger partial charge < -0.3 is 34.6 Å². The minimum atomic E-state index is -0.630. The molecule has 0 radical (unpaired) electrons. The number of piperazine rings is 2. The SMILES string of the molecule is CC[C@@H]1CN(C(=O)[C@@H](NC(=O)c2ccc(N3CCN(c4csc(N5CCN(C)CC5)n4)CC3)cc2)C2CCCC2)[C@@H]2C(=O)CO[C@H]12. The number of hydrogen-bond donors (Lipinski definition) is 1. The van der Waals surface area contributed by atoms with E-state index in [2.05, 4.69) is 44.3 Å². The van der Waals surface area contributed by atoms with Gasteiger partial charge in [0.25, 0.3) is 5.91 Å². The Morgan fingerprint density at radius 2 is 1.65 bits per heavy atom. The Morgan fingerprint density at radius 1 is 0.978 bits per heavy atom. The van der Waals surface area contributed by atoms with Crippen LogP contribution >= 0.6 is 11.3 Å². The Kier molecular flexibility index (Phi) is 9.20. The molecule has 4 aliphatic heterocycles. The monoisotopic (exact) mass is 649 g/mol. The van der Waals surface area contributed by atoms with Gasteiger partial charge in [0.05, 0.1) is 6.10 Å². The van der Waals surface area contributed by atoms with Crippen LogP contribution in [0.15, 0.2) is 29.6 Å². The second kappa shape index (κ2) is 13.5. The molecule has 5 aliphatic rings. The van der Waals surface area contributed by atoms with Crippen LogP contribution in [0.4, 0.5) is 16.6 Å². The zero-order valence-electron chi connectivity index (χ0n) is 27.1. The minimum Gasteiger partial charge on any atom is -0.368 e. The molecule has 0 bridgehead atoms. The van der Waals surface area contributed by atoms with Gasteiger partial charge in [0.15, 0.2) is 10.9 Å². The third-order valence-electron chi connectivity index (χ3n) is 10.9. The third-order valence-corrected chi connectivity index (χ3v) is 11.8. The maximum atomic E-state index is 14.0. The number of nitrogens with one attached hydrogen (secondary N) is 1. The molecule has 11 nitrogen and oxygen atoms in total. The molecule has 4 atom stereocenters. The van der Waals surface area contributed by atoms with Gasteiger partial charge in [-0.3, -0.25) is 14.4 Å². The molecule has 0 unspecified atom stereocenters. The van der Waals surface area contributed by atoms with E-state index < -0.39 is 12.1 Å². The van der Waals surface area contributed by atoms with E-state index in [1.54, 1.807) is 16.2 Å². The van der Waals surface area contributed by atoms with Gasteiger partial charge in [-0.25, -0.2) is 4.98 Å². The van der Waals surface area contributed by atoms with Crippen molar-refractivity contribution in [3.63, 3.8) is 0 Å². The molecule has 2 aromatic rings. The summed E-state index contributed by atoms with van der Waals surface area (Å²) >= 11 is 1.74. The van der Waals surface area contributed by atoms with Gasteiger partial charge in [-0.05, 0) is 56.5 Å². The molecule has 1 aliphatic carbocycles. The summed E-state index contributed by atoms with van der Waals surface area (Å²) in [7, 11) is 2.17. The number of likely N-dealkylation sites (N-methyl/N-ethyl adjacent to an activating group) is 1. The number of fused-ring (bicyclic) bond motifs is 1. The first-order valence-corrected chi connectivity index (χ1v) is 18.0. The van der Waals surface area contributed by atoms with Crippen molar-refractivity contribution in [2.75, 3.05) is 87.3 Å². The van der Waals surface area contributed by atoms with Crippen LogP contribution in [0, 0.1) is 11.8 Å². The number of thiazole rings is 1. The van der Waals surface area contributed by atoms with Crippen molar-refractivity contribution < 1.29 is 19.1 Å². The number of amides is 2. The third kappa shape index (κ3) is 6.23. The van der Waals surface area contributed by atoms with Gasteiger partial charge in [-0.2, -0.15) is 0 Å². The molecular formula is C34H47N7O4S. The number of carbonyl (C=O) groups is 3. The van der Waals surface area contributed by atoms with E-state index in [4.69, 9.17) is 9.72 Å². The van der Waals surface area contributed by atoms with Crippen molar-refractivity contribution in [2.45, 2.75) is 57.2 Å². The Labute approximate surface area is 275 Å². The van der Waals surface area contributed by atoms with E-state index in [0.717, 1.165) is 101 Å². The van der Waals surface area contributed by atoms with Crippen molar-refractivity contribution in [3.8, 4) is 0 Å². The molecule has 5 fully saturated rings. The Bertz CT molecular complexity index is 1400. The highest BCUT2D eigenvalue weighted by Gasteiger charge is 2.53. The molecular weight excluding hydrogens is 602 g/mol. The van der Waals surface area contributed by atoms with Crippen LogP contribution in [-0.4, -0.2) is 123 Å². The topological polar surface area (TPSA) is 102 Å². The minimum absolute atomic E-state index is 0.0239. The number of rotatable bonds is 8. The maximum absolute atomic E-state index is 14.0. The smallest absolute Gasteiger partial charge is 0.251 e. The van der Waals surface area contributed by atoms with Crippen molar-refractivity contribution in [3.05, 3.63) is 35.2 Å². The average Bonchev–Trinajstić information content (AvgIpc) is 3.91. The molecule has 248 valence electrons. The number of nitrogens with zero attached hydrogens (tertiary/aromatic N) is 6. The lowest BCUT2D eigenvalue weighted by atomic mass is 9.95. The first kappa shape index (κ1) is 31.4. The summed E-state index contributed by atoms with van der Waals surface area (Å²) in [6.45, 7) is 10.4. The lowest BCUT2D eigenvalue weighted by Crippen LogP contribution is -2.54. The molecule has 2 amide bonds. The zero-order valence-corrected chi connectivity index (χ0v) is 27.9. The van der Waals surface area contributed by atoms with Crippen molar-refractivity contribution in [1.29, 1.82) is 0 Å². The van der Waals surface area contributed by atoms with E-state index >= 15 is 0 Å². The van der Waals surface area contributed by atoms with Crippen molar-refractivity contribution in [2.24, 2.45) is 11.8 Å². The van der Waals surface area contributed by atoms with Gasteiger partial charge in [0.2, 0.25) is 5.91 Å². The van der Waals surface area contributed by atoms with E-state index in [0.29, 0.717) is 12.1 Å². The van der Waals surface area contributed by atoms with Gasteiger partial charge in [0.1, 0.15) is 24.5 Å². The summed E-state index contributed by atoms with van der Waals surface area (Å²) in [6.07, 6.45) is 4.54. The molecule has 1 saturated carbocycles. The first-order chi connectivity index (χ1) is 22.4. The molecule has 46 heavy (non-hydrogen) atoms. The van der Waals surface area contributed by atoms with Crippen molar-refractivity contribution >= 4 is 45.6 Å². The lowest BCUT2D eigenvalue weighted by molar-refractivity contribution is -0.139. The van der Waals surface area contributed by atoms with E-state index in [9.17, 15) is 14.4 Å². The second-order valence-electron chi connectivity index (χ2n) is 13.6. The molecule has 12 heteroatoms. The van der Waals surface area contributed by atoms with E-state index in [1.807, 2.05) is 24.3 Å². The predicted octanol–water partition coefficient (Wildman–Crippen LogP) is 2.72. The van der Waals surface area contributed by atoms with Gasteiger partial charge in [0, 0.05) is 81.5 Å². The summed E-state index contributed by atoms with van der Waals surface area (Å²) < 4.78 is 5.80. The number of carbonyl (C=O) groups excluding carboxylic acids is 3. The number of ether oxygens (including phenoxy) is 1. The van der Waals surface area contributed by atoms with Crippen molar-refractivity contribution in [1.82, 2.24) is 20.1 Å². The van der Waals surface area contributed by atoms with Crippen LogP contribution < -0.4 is 20.0 Å². The summed E-state index contributed by atoms with van der Waals surface area (Å²) in [6, 6.07) is 6.60. The Hall–Kier alpha value is -3.22. The highest BCUT2D eigenvalue weighted by atomic mass is 32.1. The zero-order chi connectivity index (χ0) is 31.8. The Balaban J connectivity index is 0.964. The van der Waals surface area contributed by atoms with E-state index in [-0.39, 0.29) is 42.1 Å². The van der Waals surface area contributed by atoms with Gasteiger partial charge >= 0.3 is 0 Å². The summed E-state index contributed by atoms with van der Waals surface area (Å²) in [5.41, 5.74) is 1.63. The lowest BCUT2D eigenvalue weighted by Gasteiger charge is -2.36. The van der Waals surface area contributed by atoms with Crippen LogP contribution in [0.3, 0.4) is 0 Å². The fourth-order valence-corrected chi connectivity index (χ4v) is 8.87. The van der Waals surface area contributed by atoms with Gasteiger partial charge in [-0.1, -0.05) is 19.8 Å². The summed E-state index contributed by atoms with van der Waals surface area (Å²) in [5, 5.41) is 6.42. The predicted molar refractivity (Wildman–Crippen MR) is 180 cm³/mol. The number of Topliss-reactive ketones (excluding diaryl/α,β-unsaturated/α-hetero) is 1. The molecule has 1 N–H and O–H groups in total. The largest absolute Gasteiger partial charge is 0.368 e. The fourth-order valence-electron chi connectivity index (χ4n) is 7.98. The van der Waals surface area contributed by atoms with Crippen LogP contribution in [0.25, 0.3) is 0 Å². The molecule has 7 rings (SSSR count). The molecule has 1 aromatic heterocycles. The van der Waals surface area contributed by atoms with Crippen LogP contribution in [0.5, 0.6) is 0 Å². The fraction of sp³-hybridized carbons (Fsp3) is 0.647. The number of likely N-dealkylation sites (tertiary alicyclic amines) is 1. The molecule has 4 saturated heterocycles. The van der Waals surface area contributed by atoms with E-state index in [1.165, 1.54) is 0 Å². The molecule has 0 spiro atoms. The average molecular weight is 650 g/mol. The normalized spacial score (nSPS) is 26.6. The number of anilines is 3. The number of benzene rings is 1. The summed E-state index contributed by atoms with van der Waals surface area (Å²) in [4.78, 5) is 56.5. The maximum Gasteiger partial charge on any atom is 0.251 e. The van der Waals surface area contributed by atoms with Gasteiger partial charge in [-0.15, -0.1) is 11.3 Å². The Morgan fingerprint density at radius 3 is 2.35 bits per heavy atom. The first-order valence-electron chi connectivity index (χ1n) is 17.1. The second-order valence-corrected chi connectivity index (χ2v) is 14.5.